The smallest absolute Gasteiger partial charge is 0.175 e. The van der Waals surface area contributed by atoms with E-state index >= 15 is 0 Å². The maximum Gasteiger partial charge on any atom is 0.175 e. The molecule has 1 fully saturated rings. The van der Waals surface area contributed by atoms with Crippen LogP contribution in [0.2, 0.25) is 0 Å². The van der Waals surface area contributed by atoms with Crippen molar-refractivity contribution in [2.24, 2.45) is 0 Å². The number of hydrogen-bond acceptors (Lipinski definition) is 8. The van der Waals surface area contributed by atoms with Gasteiger partial charge in [0.1, 0.15) is 23.5 Å². The first-order chi connectivity index (χ1) is 16.1. The molecule has 0 bridgehead atoms. The normalized spacial score (nSPS) is 15.0. The van der Waals surface area contributed by atoms with Gasteiger partial charge in [-0.1, -0.05) is 13.8 Å². The van der Waals surface area contributed by atoms with Gasteiger partial charge < -0.3 is 10.2 Å². The number of aromatic nitrogens is 4. The van der Waals surface area contributed by atoms with Crippen LogP contribution < -0.4 is 10.2 Å². The van der Waals surface area contributed by atoms with Gasteiger partial charge >= 0.3 is 0 Å². The van der Waals surface area contributed by atoms with E-state index in [9.17, 15) is 13.2 Å². The van der Waals surface area contributed by atoms with E-state index in [1.165, 1.54) is 31.6 Å². The van der Waals surface area contributed by atoms with Crippen LogP contribution in [-0.2, 0) is 9.84 Å². The van der Waals surface area contributed by atoms with Gasteiger partial charge in [-0.15, -0.1) is 0 Å². The van der Waals surface area contributed by atoms with Crippen LogP contribution in [0.25, 0.3) is 0 Å². The van der Waals surface area contributed by atoms with E-state index < -0.39 is 9.84 Å². The fourth-order valence-corrected chi connectivity index (χ4v) is 4.85. The standard InChI is InChI=1S/C24H30N6O3S/c1-15(2)20-13-21(29-28-20)17-9-11-30(12-10-17)24-22(16(3)31)23(25-14-26-24)27-18-5-7-19(8-6-18)34(4,32)33/h5-8,13-15,17H,9-12H2,1-4H3,(H,28,29)(H,25,26,27). The van der Waals surface area contributed by atoms with Crippen molar-refractivity contribution < 1.29 is 13.2 Å². The molecule has 0 unspecified atom stereocenters. The number of piperidine rings is 1. The van der Waals surface area contributed by atoms with Gasteiger partial charge in [-0.05, 0) is 56.0 Å². The molecule has 0 amide bonds. The van der Waals surface area contributed by atoms with Crippen LogP contribution in [0.4, 0.5) is 17.3 Å². The minimum Gasteiger partial charge on any atom is -0.356 e. The summed E-state index contributed by atoms with van der Waals surface area (Å²) in [6, 6.07) is 8.52. The van der Waals surface area contributed by atoms with Crippen molar-refractivity contribution in [3.05, 3.63) is 53.6 Å². The zero-order valence-corrected chi connectivity index (χ0v) is 20.7. The second-order valence-electron chi connectivity index (χ2n) is 9.06. The lowest BCUT2D eigenvalue weighted by molar-refractivity contribution is 0.101. The Hall–Kier alpha value is -3.27. The van der Waals surface area contributed by atoms with E-state index in [0.29, 0.717) is 34.7 Å². The van der Waals surface area contributed by atoms with Gasteiger partial charge in [-0.25, -0.2) is 18.4 Å². The number of sulfone groups is 1. The molecule has 0 aliphatic carbocycles. The molecule has 0 atom stereocenters. The largest absolute Gasteiger partial charge is 0.356 e. The average Bonchev–Trinajstić information content (AvgIpc) is 3.29. The van der Waals surface area contributed by atoms with Crippen LogP contribution in [0.1, 0.15) is 67.2 Å². The number of H-pyrrole nitrogens is 1. The minimum absolute atomic E-state index is 0.136. The van der Waals surface area contributed by atoms with Crippen molar-refractivity contribution >= 4 is 32.9 Å². The number of benzene rings is 1. The number of rotatable bonds is 7. The lowest BCUT2D eigenvalue weighted by Gasteiger charge is -2.33. The van der Waals surface area contributed by atoms with E-state index in [2.05, 4.69) is 50.3 Å². The van der Waals surface area contributed by atoms with Crippen LogP contribution in [0, 0.1) is 0 Å². The molecule has 1 aromatic carbocycles. The zero-order chi connectivity index (χ0) is 24.5. The second-order valence-corrected chi connectivity index (χ2v) is 11.1. The summed E-state index contributed by atoms with van der Waals surface area (Å²) in [7, 11) is -3.28. The summed E-state index contributed by atoms with van der Waals surface area (Å²) in [6.07, 6.45) is 4.47. The highest BCUT2D eigenvalue weighted by molar-refractivity contribution is 7.90. The maximum absolute atomic E-state index is 12.6. The molecule has 9 nitrogen and oxygen atoms in total. The molecule has 0 radical (unpaired) electrons. The summed E-state index contributed by atoms with van der Waals surface area (Å²) >= 11 is 0. The highest BCUT2D eigenvalue weighted by atomic mass is 32.2. The fourth-order valence-electron chi connectivity index (χ4n) is 4.22. The molecule has 180 valence electrons. The predicted molar refractivity (Wildman–Crippen MR) is 132 cm³/mol. The summed E-state index contributed by atoms with van der Waals surface area (Å²) in [5.41, 5.74) is 3.31. The molecule has 2 N–H and O–H groups in total. The Morgan fingerprint density at radius 1 is 1.15 bits per heavy atom. The topological polar surface area (TPSA) is 121 Å². The number of hydrogen-bond donors (Lipinski definition) is 2. The van der Waals surface area contributed by atoms with Crippen LogP contribution >= 0.6 is 0 Å². The Kier molecular flexibility index (Phi) is 6.70. The molecule has 2 aromatic heterocycles. The van der Waals surface area contributed by atoms with E-state index in [1.54, 1.807) is 12.1 Å². The molecule has 1 aliphatic heterocycles. The number of carbonyl (C=O) groups is 1. The number of anilines is 3. The van der Waals surface area contributed by atoms with E-state index in [1.807, 2.05) is 0 Å². The number of nitrogens with zero attached hydrogens (tertiary/aromatic N) is 4. The van der Waals surface area contributed by atoms with Crippen molar-refractivity contribution in [1.29, 1.82) is 0 Å². The molecular weight excluding hydrogens is 452 g/mol. The minimum atomic E-state index is -3.28. The van der Waals surface area contributed by atoms with Crippen molar-refractivity contribution in [3.8, 4) is 0 Å². The summed E-state index contributed by atoms with van der Waals surface area (Å²) in [5.74, 6) is 1.66. The molecule has 3 heterocycles. The van der Waals surface area contributed by atoms with Crippen molar-refractivity contribution in [1.82, 2.24) is 20.2 Å². The maximum atomic E-state index is 12.6. The first kappa shape index (κ1) is 23.9. The molecule has 1 aliphatic rings. The van der Waals surface area contributed by atoms with Crippen LogP contribution in [0.15, 0.2) is 41.6 Å². The van der Waals surface area contributed by atoms with Crippen molar-refractivity contribution in [2.45, 2.75) is 50.3 Å². The lowest BCUT2D eigenvalue weighted by atomic mass is 9.92. The number of ketones is 1. The lowest BCUT2D eigenvalue weighted by Crippen LogP contribution is -2.35. The quantitative estimate of drug-likeness (QED) is 0.484. The Labute approximate surface area is 199 Å². The Bertz CT molecular complexity index is 1280. The predicted octanol–water partition coefficient (Wildman–Crippen LogP) is 4.06. The molecule has 1 saturated heterocycles. The van der Waals surface area contributed by atoms with Gasteiger partial charge in [-0.3, -0.25) is 9.89 Å². The molecule has 4 rings (SSSR count). The van der Waals surface area contributed by atoms with Gasteiger partial charge in [0.25, 0.3) is 0 Å². The first-order valence-electron chi connectivity index (χ1n) is 11.4. The molecule has 3 aromatic rings. The van der Waals surface area contributed by atoms with E-state index in [4.69, 9.17) is 0 Å². The van der Waals surface area contributed by atoms with Crippen molar-refractivity contribution in [2.75, 3.05) is 29.6 Å². The van der Waals surface area contributed by atoms with Crippen LogP contribution in [0.5, 0.6) is 0 Å². The van der Waals surface area contributed by atoms with Crippen molar-refractivity contribution in [3.63, 3.8) is 0 Å². The summed E-state index contributed by atoms with van der Waals surface area (Å²) in [5, 5.41) is 10.8. The van der Waals surface area contributed by atoms with Crippen LogP contribution in [-0.4, -0.2) is 53.7 Å². The van der Waals surface area contributed by atoms with Gasteiger partial charge in [0, 0.05) is 36.6 Å². The Morgan fingerprint density at radius 3 is 2.38 bits per heavy atom. The van der Waals surface area contributed by atoms with Crippen LogP contribution in [0.3, 0.4) is 0 Å². The molecular formula is C24H30N6O3S. The van der Waals surface area contributed by atoms with Gasteiger partial charge in [0.2, 0.25) is 0 Å². The van der Waals surface area contributed by atoms with E-state index in [-0.39, 0.29) is 10.7 Å². The third kappa shape index (κ3) is 5.11. The SMILES string of the molecule is CC(=O)c1c(Nc2ccc(S(C)(=O)=O)cc2)ncnc1N1CCC(c2cc(C(C)C)n[nH]2)CC1. The van der Waals surface area contributed by atoms with Gasteiger partial charge in [0.15, 0.2) is 15.6 Å². The zero-order valence-electron chi connectivity index (χ0n) is 19.9. The number of nitrogens with one attached hydrogen (secondary N) is 2. The van der Waals surface area contributed by atoms with Gasteiger partial charge in [0.05, 0.1) is 10.6 Å². The van der Waals surface area contributed by atoms with E-state index in [0.717, 1.165) is 37.3 Å². The Morgan fingerprint density at radius 2 is 1.82 bits per heavy atom. The third-order valence-corrected chi connectivity index (χ3v) is 7.30. The third-order valence-electron chi connectivity index (χ3n) is 6.17. The first-order valence-corrected chi connectivity index (χ1v) is 13.3. The molecule has 0 spiro atoms. The number of Topliss-reactive ketones (excluding diaryl/α,β-unsaturated/α-hetero) is 1. The Balaban J connectivity index is 1.53. The summed E-state index contributed by atoms with van der Waals surface area (Å²) in [6.45, 7) is 7.30. The molecule has 0 saturated carbocycles. The summed E-state index contributed by atoms with van der Waals surface area (Å²) in [4.78, 5) is 23.7. The second kappa shape index (κ2) is 9.54. The summed E-state index contributed by atoms with van der Waals surface area (Å²) < 4.78 is 23.4. The highest BCUT2D eigenvalue weighted by Gasteiger charge is 2.27. The average molecular weight is 483 g/mol. The molecule has 34 heavy (non-hydrogen) atoms. The highest BCUT2D eigenvalue weighted by Crippen LogP contribution is 2.33. The van der Waals surface area contributed by atoms with Gasteiger partial charge in [-0.2, -0.15) is 5.10 Å². The monoisotopic (exact) mass is 482 g/mol. The number of carbonyl (C=O) groups excluding carboxylic acids is 1. The fraction of sp³-hybridized carbons (Fsp3) is 0.417. The number of aromatic amines is 1. The molecule has 10 heteroatoms.